The highest BCUT2D eigenvalue weighted by Gasteiger charge is 2.33. The molecule has 8 heteroatoms. The molecule has 23 heavy (non-hydrogen) atoms. The van der Waals surface area contributed by atoms with Gasteiger partial charge in [0.25, 0.3) is 0 Å². The summed E-state index contributed by atoms with van der Waals surface area (Å²) in [5.74, 6) is 0.291. The fourth-order valence-electron chi connectivity index (χ4n) is 2.43. The summed E-state index contributed by atoms with van der Waals surface area (Å²) < 4.78 is 17.9. The lowest BCUT2D eigenvalue weighted by Crippen LogP contribution is -2.42. The fourth-order valence-corrected chi connectivity index (χ4v) is 4.00. The molecule has 1 aliphatic heterocycles. The number of carbonyl (C=O) groups excluding carboxylic acids is 1. The van der Waals surface area contributed by atoms with Crippen LogP contribution in [0.25, 0.3) is 0 Å². The van der Waals surface area contributed by atoms with E-state index in [1.807, 2.05) is 20.8 Å². The molecule has 0 N–H and O–H groups in total. The Hall–Kier alpha value is -1.21. The van der Waals surface area contributed by atoms with Crippen LogP contribution in [0.2, 0.25) is 5.15 Å². The number of nitrogens with zero attached hydrogens (tertiary/aromatic N) is 3. The first-order valence-corrected chi connectivity index (χ1v) is 9.24. The van der Waals surface area contributed by atoms with E-state index in [9.17, 15) is 9.00 Å². The molecule has 1 aromatic heterocycles. The average Bonchev–Trinajstić information content (AvgIpc) is 2.83. The van der Waals surface area contributed by atoms with Crippen molar-refractivity contribution >= 4 is 28.5 Å². The molecule has 128 valence electrons. The van der Waals surface area contributed by atoms with Gasteiger partial charge >= 0.3 is 6.09 Å². The molecule has 1 saturated heterocycles. The summed E-state index contributed by atoms with van der Waals surface area (Å²) in [7, 11) is -1.41. The number of aryl methyl sites for hydroxylation is 1. The second-order valence-corrected chi connectivity index (χ2v) is 8.37. The molecule has 1 aliphatic rings. The largest absolute Gasteiger partial charge is 0.444 e. The van der Waals surface area contributed by atoms with Crippen molar-refractivity contribution in [2.75, 3.05) is 12.3 Å². The van der Waals surface area contributed by atoms with Crippen LogP contribution in [0, 0.1) is 6.92 Å². The predicted octanol–water partition coefficient (Wildman–Crippen LogP) is 2.95. The Morgan fingerprint density at radius 3 is 2.78 bits per heavy atom. The van der Waals surface area contributed by atoms with Gasteiger partial charge in [-0.3, -0.25) is 4.21 Å². The molecule has 1 aromatic rings. The van der Waals surface area contributed by atoms with Crippen LogP contribution in [0.3, 0.4) is 0 Å². The molecule has 0 spiro atoms. The molecular formula is C15H22ClN3O3S. The van der Waals surface area contributed by atoms with Crippen LogP contribution < -0.4 is 0 Å². The van der Waals surface area contributed by atoms with Gasteiger partial charge in [0, 0.05) is 18.3 Å². The molecule has 2 atom stereocenters. The number of carbonyl (C=O) groups is 1. The predicted molar refractivity (Wildman–Crippen MR) is 89.0 cm³/mol. The van der Waals surface area contributed by atoms with Gasteiger partial charge in [0.2, 0.25) is 5.16 Å². The van der Waals surface area contributed by atoms with Crippen LogP contribution in [0.1, 0.15) is 39.3 Å². The number of rotatable bonds is 3. The van der Waals surface area contributed by atoms with Crippen molar-refractivity contribution in [3.63, 3.8) is 0 Å². The van der Waals surface area contributed by atoms with Crippen LogP contribution in [-0.2, 0) is 15.5 Å². The summed E-state index contributed by atoms with van der Waals surface area (Å²) in [6, 6.07) is 1.48. The first-order valence-electron chi connectivity index (χ1n) is 7.55. The Balaban J connectivity index is 2.06. The maximum absolute atomic E-state index is 12.5. The highest BCUT2D eigenvalue weighted by Crippen LogP contribution is 2.22. The smallest absolute Gasteiger partial charge is 0.410 e. The molecule has 0 unspecified atom stereocenters. The molecular weight excluding hydrogens is 338 g/mol. The number of halogens is 1. The van der Waals surface area contributed by atoms with Gasteiger partial charge in [0.05, 0.1) is 16.6 Å². The second-order valence-electron chi connectivity index (χ2n) is 6.60. The number of likely N-dealkylation sites (tertiary alicyclic amines) is 1. The van der Waals surface area contributed by atoms with E-state index in [1.54, 1.807) is 17.9 Å². The van der Waals surface area contributed by atoms with Gasteiger partial charge in [-0.1, -0.05) is 11.6 Å². The van der Waals surface area contributed by atoms with Crippen molar-refractivity contribution < 1.29 is 13.7 Å². The monoisotopic (exact) mass is 359 g/mol. The van der Waals surface area contributed by atoms with E-state index in [0.717, 1.165) is 12.8 Å². The first kappa shape index (κ1) is 18.1. The summed E-state index contributed by atoms with van der Waals surface area (Å²) in [5, 5.41) is 0.488. The lowest BCUT2D eigenvalue weighted by molar-refractivity contribution is 0.0241. The highest BCUT2D eigenvalue weighted by atomic mass is 35.5. The fraction of sp³-hybridized carbons (Fsp3) is 0.667. The highest BCUT2D eigenvalue weighted by molar-refractivity contribution is 7.84. The van der Waals surface area contributed by atoms with Crippen molar-refractivity contribution in [2.45, 2.75) is 57.3 Å². The van der Waals surface area contributed by atoms with E-state index in [1.165, 1.54) is 0 Å². The van der Waals surface area contributed by atoms with Crippen molar-refractivity contribution in [3.05, 3.63) is 16.9 Å². The third kappa shape index (κ3) is 5.14. The minimum Gasteiger partial charge on any atom is -0.444 e. The van der Waals surface area contributed by atoms with Gasteiger partial charge in [0.1, 0.15) is 10.8 Å². The molecule has 1 amide bonds. The summed E-state index contributed by atoms with van der Waals surface area (Å²) in [4.78, 5) is 22.1. The molecule has 1 fully saturated rings. The Morgan fingerprint density at radius 2 is 2.17 bits per heavy atom. The van der Waals surface area contributed by atoms with E-state index in [-0.39, 0.29) is 22.4 Å². The quantitative estimate of drug-likeness (QED) is 0.612. The normalized spacial score (nSPS) is 19.7. The minimum absolute atomic E-state index is 0.131. The van der Waals surface area contributed by atoms with Crippen LogP contribution in [0.5, 0.6) is 0 Å². The third-order valence-electron chi connectivity index (χ3n) is 3.35. The summed E-state index contributed by atoms with van der Waals surface area (Å²) >= 11 is 5.89. The van der Waals surface area contributed by atoms with Crippen LogP contribution in [0.15, 0.2) is 11.2 Å². The molecule has 6 nitrogen and oxygen atoms in total. The van der Waals surface area contributed by atoms with E-state index in [4.69, 9.17) is 16.3 Å². The summed E-state index contributed by atoms with van der Waals surface area (Å²) in [6.07, 6.45) is 1.31. The lowest BCUT2D eigenvalue weighted by atomic mass is 10.2. The molecule has 0 radical (unpaired) electrons. The minimum atomic E-state index is -1.41. The van der Waals surface area contributed by atoms with Gasteiger partial charge in [-0.05, 0) is 46.6 Å². The second kappa shape index (κ2) is 7.13. The number of hydrogen-bond acceptors (Lipinski definition) is 5. The third-order valence-corrected chi connectivity index (χ3v) is 4.83. The zero-order valence-corrected chi connectivity index (χ0v) is 15.4. The van der Waals surface area contributed by atoms with Gasteiger partial charge < -0.3 is 9.64 Å². The maximum atomic E-state index is 12.5. The maximum Gasteiger partial charge on any atom is 0.410 e. The average molecular weight is 360 g/mol. The van der Waals surface area contributed by atoms with Crippen LogP contribution in [0.4, 0.5) is 4.79 Å². The number of hydrogen-bond donors (Lipinski definition) is 0. The van der Waals surface area contributed by atoms with Crippen LogP contribution in [-0.4, -0.2) is 49.1 Å². The molecule has 0 saturated carbocycles. The zero-order chi connectivity index (χ0) is 17.2. The number of ether oxygens (including phenoxy) is 1. The van der Waals surface area contributed by atoms with Crippen molar-refractivity contribution in [3.8, 4) is 0 Å². The SMILES string of the molecule is Cc1cc(Cl)nc([S@@](=O)C[C@@H]2CCCN2C(=O)OC(C)(C)C)n1. The van der Waals surface area contributed by atoms with Gasteiger partial charge in [-0.25, -0.2) is 14.8 Å². The first-order chi connectivity index (χ1) is 10.7. The Bertz CT molecular complexity index is 598. The Labute approximate surface area is 144 Å². The Morgan fingerprint density at radius 1 is 1.48 bits per heavy atom. The summed E-state index contributed by atoms with van der Waals surface area (Å²) in [5.41, 5.74) is 0.125. The molecule has 0 aromatic carbocycles. The van der Waals surface area contributed by atoms with Gasteiger partial charge in [-0.15, -0.1) is 0 Å². The molecule has 0 bridgehead atoms. The molecule has 2 heterocycles. The van der Waals surface area contributed by atoms with E-state index < -0.39 is 16.4 Å². The zero-order valence-electron chi connectivity index (χ0n) is 13.8. The lowest BCUT2D eigenvalue weighted by Gasteiger charge is -2.28. The van der Waals surface area contributed by atoms with E-state index in [2.05, 4.69) is 9.97 Å². The van der Waals surface area contributed by atoms with Crippen LogP contribution >= 0.6 is 11.6 Å². The summed E-state index contributed by atoms with van der Waals surface area (Å²) in [6.45, 7) is 7.88. The molecule has 2 rings (SSSR count). The van der Waals surface area contributed by atoms with Gasteiger partial charge in [-0.2, -0.15) is 0 Å². The number of amides is 1. The van der Waals surface area contributed by atoms with Gasteiger partial charge in [0.15, 0.2) is 0 Å². The van der Waals surface area contributed by atoms with Crippen molar-refractivity contribution in [1.29, 1.82) is 0 Å². The van der Waals surface area contributed by atoms with Crippen molar-refractivity contribution in [1.82, 2.24) is 14.9 Å². The van der Waals surface area contributed by atoms with Crippen molar-refractivity contribution in [2.24, 2.45) is 0 Å². The van der Waals surface area contributed by atoms with E-state index in [0.29, 0.717) is 18.0 Å². The molecule has 0 aliphatic carbocycles. The Kier molecular flexibility index (Phi) is 5.62. The van der Waals surface area contributed by atoms with E-state index >= 15 is 0 Å². The standard InChI is InChI=1S/C15H22ClN3O3S/c1-10-8-12(16)18-13(17-10)23(21)9-11-6-5-7-19(11)14(20)22-15(2,3)4/h8,11H,5-7,9H2,1-4H3/t11-,23-/m0/s1. The topological polar surface area (TPSA) is 72.4 Å². The number of aromatic nitrogens is 2.